The first-order valence-electron chi connectivity index (χ1n) is 4.93. The molecule has 0 bridgehead atoms. The molecule has 54 valence electrons. The molecule has 5 atom stereocenters. The van der Waals surface area contributed by atoms with Gasteiger partial charge in [-0.1, -0.05) is 0 Å². The van der Waals surface area contributed by atoms with Crippen molar-refractivity contribution in [2.75, 3.05) is 0 Å². The van der Waals surface area contributed by atoms with Crippen LogP contribution in [-0.4, -0.2) is 0 Å². The molecule has 0 radical (unpaired) electrons. The summed E-state index contributed by atoms with van der Waals surface area (Å²) in [5.74, 6) is 4.99. The maximum Gasteiger partial charge on any atom is -0.0207 e. The molecule has 5 unspecified atom stereocenters. The van der Waals surface area contributed by atoms with Gasteiger partial charge in [0.2, 0.25) is 0 Å². The number of fused-ring (bicyclic) bond motifs is 2. The van der Waals surface area contributed by atoms with Gasteiger partial charge in [0.05, 0.1) is 0 Å². The van der Waals surface area contributed by atoms with Gasteiger partial charge in [0.25, 0.3) is 0 Å². The van der Waals surface area contributed by atoms with Gasteiger partial charge in [-0.25, -0.2) is 0 Å². The molecule has 1 spiro atoms. The van der Waals surface area contributed by atoms with Gasteiger partial charge in [-0.2, -0.15) is 0 Å². The topological polar surface area (TPSA) is 0 Å². The van der Waals surface area contributed by atoms with Crippen molar-refractivity contribution < 1.29 is 0 Å². The Hall–Kier alpha value is 0. The fraction of sp³-hybridized carbons (Fsp3) is 1.00. The SMILES string of the molecule is C1CC2C1C1CC3CCC321. The summed E-state index contributed by atoms with van der Waals surface area (Å²) in [4.78, 5) is 0. The minimum Gasteiger partial charge on any atom is -0.0496 e. The molecule has 4 aliphatic carbocycles. The summed E-state index contributed by atoms with van der Waals surface area (Å²) < 4.78 is 0. The predicted molar refractivity (Wildman–Crippen MR) is 39.5 cm³/mol. The molecule has 0 aromatic heterocycles. The van der Waals surface area contributed by atoms with Gasteiger partial charge in [-0.3, -0.25) is 0 Å². The number of hydrogen-bond acceptors (Lipinski definition) is 0. The molecule has 10 heavy (non-hydrogen) atoms. The first-order chi connectivity index (χ1) is 4.93. The van der Waals surface area contributed by atoms with Gasteiger partial charge < -0.3 is 0 Å². The zero-order valence-corrected chi connectivity index (χ0v) is 6.34. The standard InChI is InChI=1S/C10H14/c1-2-8-7(1)9-5-6-3-4-10(6,8)9/h6-9H,1-5H2. The molecule has 0 aliphatic heterocycles. The van der Waals surface area contributed by atoms with Crippen LogP contribution in [0.3, 0.4) is 0 Å². The van der Waals surface area contributed by atoms with Crippen LogP contribution in [0.5, 0.6) is 0 Å². The Morgan fingerprint density at radius 1 is 1.00 bits per heavy atom. The van der Waals surface area contributed by atoms with E-state index in [2.05, 4.69) is 0 Å². The third kappa shape index (κ3) is 0.233. The molecule has 4 aliphatic rings. The molecule has 0 amide bonds. The Balaban J connectivity index is 1.78. The lowest BCUT2D eigenvalue weighted by Gasteiger charge is -2.82. The van der Waals surface area contributed by atoms with Crippen LogP contribution in [0.2, 0.25) is 0 Å². The summed E-state index contributed by atoms with van der Waals surface area (Å²) in [6.07, 6.45) is 8.08. The van der Waals surface area contributed by atoms with E-state index < -0.39 is 0 Å². The van der Waals surface area contributed by atoms with Crippen LogP contribution in [-0.2, 0) is 0 Å². The van der Waals surface area contributed by atoms with Gasteiger partial charge in [-0.15, -0.1) is 0 Å². The van der Waals surface area contributed by atoms with Crippen LogP contribution in [0.4, 0.5) is 0 Å². The van der Waals surface area contributed by atoms with Crippen molar-refractivity contribution in [3.8, 4) is 0 Å². The fourth-order valence-corrected chi connectivity index (χ4v) is 4.77. The lowest BCUT2D eigenvalue weighted by atomic mass is 9.22. The van der Waals surface area contributed by atoms with Crippen LogP contribution in [0.15, 0.2) is 0 Å². The maximum absolute atomic E-state index is 1.64. The van der Waals surface area contributed by atoms with Gasteiger partial charge >= 0.3 is 0 Å². The van der Waals surface area contributed by atoms with Crippen LogP contribution in [0.25, 0.3) is 0 Å². The number of hydrogen-bond donors (Lipinski definition) is 0. The monoisotopic (exact) mass is 134 g/mol. The molecule has 4 saturated carbocycles. The Bertz CT molecular complexity index is 200. The smallest absolute Gasteiger partial charge is 0.0207 e. The molecule has 0 heteroatoms. The summed E-state index contributed by atoms with van der Waals surface area (Å²) in [5.41, 5.74) is 1.02. The summed E-state index contributed by atoms with van der Waals surface area (Å²) in [6.45, 7) is 0. The quantitative estimate of drug-likeness (QED) is 0.477. The minimum absolute atomic E-state index is 1.02. The fourth-order valence-electron chi connectivity index (χ4n) is 4.77. The van der Waals surface area contributed by atoms with E-state index in [1.807, 2.05) is 0 Å². The molecule has 0 N–H and O–H groups in total. The molecule has 0 aromatic rings. The second kappa shape index (κ2) is 1.09. The van der Waals surface area contributed by atoms with Crippen LogP contribution < -0.4 is 0 Å². The summed E-state index contributed by atoms with van der Waals surface area (Å²) in [6, 6.07) is 0. The van der Waals surface area contributed by atoms with E-state index in [1.165, 1.54) is 23.7 Å². The van der Waals surface area contributed by atoms with Crippen molar-refractivity contribution in [1.29, 1.82) is 0 Å². The average molecular weight is 134 g/mol. The van der Waals surface area contributed by atoms with Crippen molar-refractivity contribution in [1.82, 2.24) is 0 Å². The minimum atomic E-state index is 1.02. The molecular formula is C10H14. The highest BCUT2D eigenvalue weighted by molar-refractivity contribution is 5.25. The van der Waals surface area contributed by atoms with E-state index in [4.69, 9.17) is 0 Å². The van der Waals surface area contributed by atoms with Gasteiger partial charge in [0.15, 0.2) is 0 Å². The van der Waals surface area contributed by atoms with Crippen LogP contribution in [0, 0.1) is 29.1 Å². The third-order valence-electron chi connectivity index (χ3n) is 5.45. The van der Waals surface area contributed by atoms with Gasteiger partial charge in [0.1, 0.15) is 0 Å². The Labute approximate surface area is 62.0 Å². The molecule has 0 saturated heterocycles. The largest absolute Gasteiger partial charge is 0.0496 e. The second-order valence-corrected chi connectivity index (χ2v) is 5.04. The van der Waals surface area contributed by atoms with Crippen LogP contribution >= 0.6 is 0 Å². The van der Waals surface area contributed by atoms with E-state index in [-0.39, 0.29) is 0 Å². The third-order valence-corrected chi connectivity index (χ3v) is 5.45. The summed E-state index contributed by atoms with van der Waals surface area (Å²) in [5, 5.41) is 0. The molecule has 0 nitrogen and oxygen atoms in total. The van der Waals surface area contributed by atoms with Crippen molar-refractivity contribution in [2.45, 2.75) is 32.1 Å². The zero-order chi connectivity index (χ0) is 6.34. The van der Waals surface area contributed by atoms with E-state index in [0.717, 1.165) is 5.41 Å². The first-order valence-corrected chi connectivity index (χ1v) is 4.93. The lowest BCUT2D eigenvalue weighted by Crippen LogP contribution is -2.75. The molecule has 4 rings (SSSR count). The highest BCUT2D eigenvalue weighted by Crippen LogP contribution is 2.83. The average Bonchev–Trinajstić information content (AvgIpc) is 1.87. The van der Waals surface area contributed by atoms with E-state index >= 15 is 0 Å². The van der Waals surface area contributed by atoms with Crippen LogP contribution in [0.1, 0.15) is 32.1 Å². The molecule has 0 aromatic carbocycles. The molecule has 0 heterocycles. The second-order valence-electron chi connectivity index (χ2n) is 5.04. The van der Waals surface area contributed by atoms with Gasteiger partial charge in [-0.05, 0) is 61.2 Å². The predicted octanol–water partition coefficient (Wildman–Crippen LogP) is 2.44. The van der Waals surface area contributed by atoms with E-state index in [0.29, 0.717) is 0 Å². The first kappa shape index (κ1) is 4.79. The normalized spacial score (nSPS) is 74.4. The lowest BCUT2D eigenvalue weighted by molar-refractivity contribution is -0.339. The highest BCUT2D eigenvalue weighted by atomic mass is 14.8. The Morgan fingerprint density at radius 2 is 2.00 bits per heavy atom. The summed E-state index contributed by atoms with van der Waals surface area (Å²) >= 11 is 0. The maximum atomic E-state index is 1.64. The van der Waals surface area contributed by atoms with Crippen molar-refractivity contribution in [3.05, 3.63) is 0 Å². The van der Waals surface area contributed by atoms with E-state index in [1.54, 1.807) is 32.1 Å². The van der Waals surface area contributed by atoms with Crippen molar-refractivity contribution >= 4 is 0 Å². The summed E-state index contributed by atoms with van der Waals surface area (Å²) in [7, 11) is 0. The highest BCUT2D eigenvalue weighted by Gasteiger charge is 2.76. The molecular weight excluding hydrogens is 120 g/mol. The Kier molecular flexibility index (Phi) is 0.522. The van der Waals surface area contributed by atoms with Crippen molar-refractivity contribution in [3.63, 3.8) is 0 Å². The van der Waals surface area contributed by atoms with E-state index in [9.17, 15) is 0 Å². The molecule has 4 fully saturated rings. The van der Waals surface area contributed by atoms with Gasteiger partial charge in [0, 0.05) is 0 Å². The Morgan fingerprint density at radius 3 is 2.30 bits per heavy atom. The van der Waals surface area contributed by atoms with Crippen molar-refractivity contribution in [2.24, 2.45) is 29.1 Å². The number of rotatable bonds is 0. The zero-order valence-electron chi connectivity index (χ0n) is 6.34.